The number of carbonyl (C=O) groups is 2. The number of ether oxygens (including phenoxy) is 7. The van der Waals surface area contributed by atoms with Crippen LogP contribution in [-0.4, -0.2) is 103 Å². The van der Waals surface area contributed by atoms with Gasteiger partial charge in [-0.2, -0.15) is 20.5 Å². The molecule has 0 amide bonds. The number of carbonyl (C=O) groups excluding carboxylic acids is 2. The molecule has 6 saturated carbocycles. The van der Waals surface area contributed by atoms with Crippen molar-refractivity contribution in [2.75, 3.05) is 79.0 Å². The summed E-state index contributed by atoms with van der Waals surface area (Å²) < 4.78 is 41.7. The zero-order valence-electron chi connectivity index (χ0n) is 71.2. The van der Waals surface area contributed by atoms with Crippen LogP contribution >= 0.6 is 0 Å². The molecule has 113 heavy (non-hydrogen) atoms. The smallest absolute Gasteiger partial charge is 0.338 e. The predicted octanol–water partition coefficient (Wildman–Crippen LogP) is 24.7. The summed E-state index contributed by atoms with van der Waals surface area (Å²) in [5.41, 5.74) is 8.48. The fourth-order valence-electron chi connectivity index (χ4n) is 23.2. The van der Waals surface area contributed by atoms with Crippen molar-refractivity contribution in [1.29, 1.82) is 0 Å². The van der Waals surface area contributed by atoms with Crippen LogP contribution in [0, 0.1) is 92.7 Å². The van der Waals surface area contributed by atoms with E-state index in [-0.39, 0.29) is 35.0 Å². The third kappa shape index (κ3) is 22.8. The van der Waals surface area contributed by atoms with Crippen molar-refractivity contribution in [3.8, 4) is 11.5 Å². The first-order valence-electron chi connectivity index (χ1n) is 45.2. The summed E-state index contributed by atoms with van der Waals surface area (Å²) in [7, 11) is 0. The van der Waals surface area contributed by atoms with E-state index >= 15 is 0 Å². The molecular weight excluding hydrogens is 1410 g/mol. The highest BCUT2D eigenvalue weighted by Crippen LogP contribution is 2.69. The Morgan fingerprint density at radius 2 is 0.752 bits per heavy atom. The van der Waals surface area contributed by atoms with Gasteiger partial charge in [-0.1, -0.05) is 131 Å². The van der Waals surface area contributed by atoms with Gasteiger partial charge in [-0.15, -0.1) is 0 Å². The van der Waals surface area contributed by atoms with Crippen molar-refractivity contribution in [3.05, 3.63) is 131 Å². The van der Waals surface area contributed by atoms with Crippen LogP contribution in [0.15, 0.2) is 141 Å². The second-order valence-electron chi connectivity index (χ2n) is 37.8. The number of fused-ring (bicyclic) bond motifs is 10. The van der Waals surface area contributed by atoms with Crippen molar-refractivity contribution in [2.24, 2.45) is 113 Å². The van der Waals surface area contributed by atoms with Crippen molar-refractivity contribution in [1.82, 2.24) is 10.6 Å². The van der Waals surface area contributed by atoms with Crippen LogP contribution in [0.4, 0.5) is 22.7 Å². The van der Waals surface area contributed by atoms with Crippen LogP contribution in [0.1, 0.15) is 270 Å². The van der Waals surface area contributed by atoms with E-state index in [0.29, 0.717) is 86.2 Å². The zero-order valence-corrected chi connectivity index (χ0v) is 71.2. The second-order valence-corrected chi connectivity index (χ2v) is 37.8. The maximum absolute atomic E-state index is 13.5. The number of hydrogen-bond acceptors (Lipinski definition) is 15. The number of rotatable bonds is 44. The lowest BCUT2D eigenvalue weighted by Crippen LogP contribution is -2.51. The molecule has 16 atom stereocenters. The molecular formula is C98H144N6O9. The highest BCUT2D eigenvalue weighted by Gasteiger charge is 2.61. The molecule has 15 heteroatoms. The van der Waals surface area contributed by atoms with E-state index in [4.69, 9.17) is 33.2 Å². The van der Waals surface area contributed by atoms with Crippen molar-refractivity contribution in [3.63, 3.8) is 0 Å². The van der Waals surface area contributed by atoms with Gasteiger partial charge in [0, 0.05) is 26.1 Å². The Morgan fingerprint density at radius 3 is 1.13 bits per heavy atom. The predicted molar refractivity (Wildman–Crippen MR) is 456 cm³/mol. The molecule has 4 aromatic carbocycles. The van der Waals surface area contributed by atoms with Gasteiger partial charge in [0.2, 0.25) is 0 Å². The van der Waals surface area contributed by atoms with Gasteiger partial charge in [-0.25, -0.2) is 9.59 Å². The van der Waals surface area contributed by atoms with Gasteiger partial charge in [-0.3, -0.25) is 0 Å². The summed E-state index contributed by atoms with van der Waals surface area (Å²) in [6.45, 7) is 33.8. The van der Waals surface area contributed by atoms with Crippen LogP contribution in [0.3, 0.4) is 0 Å². The van der Waals surface area contributed by atoms with Gasteiger partial charge in [0.05, 0.1) is 73.5 Å². The summed E-state index contributed by atoms with van der Waals surface area (Å²) >= 11 is 0. The number of benzene rings is 4. The molecule has 0 aromatic heterocycles. The number of hydrogen-bond donors (Lipinski definition) is 2. The van der Waals surface area contributed by atoms with Crippen molar-refractivity contribution >= 4 is 34.7 Å². The average Bonchev–Trinajstić information content (AvgIpc) is 1.69. The lowest BCUT2D eigenvalue weighted by molar-refractivity contribution is -0.0594. The van der Waals surface area contributed by atoms with Gasteiger partial charge >= 0.3 is 11.9 Å². The molecule has 0 aliphatic heterocycles. The Morgan fingerprint density at radius 1 is 0.389 bits per heavy atom. The maximum atomic E-state index is 13.5. The maximum Gasteiger partial charge on any atom is 0.338 e. The topological polar surface area (TPSA) is 172 Å². The van der Waals surface area contributed by atoms with Gasteiger partial charge in [0.25, 0.3) is 0 Å². The lowest BCUT2D eigenvalue weighted by atomic mass is 9.47. The minimum Gasteiger partial charge on any atom is -0.494 e. The minimum atomic E-state index is -0.252. The first kappa shape index (κ1) is 86.2. The number of azo groups is 2. The average molecular weight is 1550 g/mol. The van der Waals surface area contributed by atoms with Crippen LogP contribution in [0.2, 0.25) is 0 Å². The molecule has 15 nitrogen and oxygen atoms in total. The largest absolute Gasteiger partial charge is 0.494 e. The fourth-order valence-corrected chi connectivity index (χ4v) is 23.2. The highest BCUT2D eigenvalue weighted by molar-refractivity contribution is 5.90. The Bertz CT molecular complexity index is 3470. The van der Waals surface area contributed by atoms with E-state index < -0.39 is 0 Å². The summed E-state index contributed by atoms with van der Waals surface area (Å²) in [4.78, 5) is 27.0. The van der Waals surface area contributed by atoms with E-state index in [2.05, 4.69) is 112 Å². The van der Waals surface area contributed by atoms with Gasteiger partial charge < -0.3 is 43.8 Å². The highest BCUT2D eigenvalue weighted by atomic mass is 16.6. The lowest BCUT2D eigenvalue weighted by Gasteiger charge is -2.58. The molecule has 12 rings (SSSR count). The van der Waals surface area contributed by atoms with E-state index in [9.17, 15) is 9.59 Å². The number of nitrogens with zero attached hydrogens (tertiary/aromatic N) is 4. The van der Waals surface area contributed by atoms with Crippen LogP contribution < -0.4 is 20.1 Å². The van der Waals surface area contributed by atoms with Crippen LogP contribution in [-0.2, 0) is 23.7 Å². The molecule has 4 aromatic rings. The molecule has 0 radical (unpaired) electrons. The Labute approximate surface area is 680 Å². The quantitative estimate of drug-likeness (QED) is 0.0187. The second kappa shape index (κ2) is 41.8. The molecule has 0 heterocycles. The van der Waals surface area contributed by atoms with E-state index in [1.54, 1.807) is 35.4 Å². The van der Waals surface area contributed by atoms with E-state index in [1.807, 2.05) is 72.8 Å². The first-order valence-corrected chi connectivity index (χ1v) is 45.2. The number of unbranched alkanes of at least 4 members (excludes halogenated alkanes) is 2. The molecule has 0 unspecified atom stereocenters. The van der Waals surface area contributed by atoms with Crippen molar-refractivity contribution in [2.45, 2.75) is 261 Å². The van der Waals surface area contributed by atoms with Crippen LogP contribution in [0.5, 0.6) is 11.5 Å². The molecule has 6 fully saturated rings. The standard InChI is InChI=1S/C98H144N6O9/c1-69(2)19-15-21-71(5)87-43-45-89-85-41-27-75-67-83(47-51-95(75,7)91(85)49-53-97(87,89)9)112-93(105)73-23-29-77(30-24-73)101-103-79-33-37-81(38-34-79)110-61-13-11-55-99-57-17-59-107-63-65-109-66-64-108-60-18-58-100-56-12-14-62-111-82-39-35-80(36-40-82)104-102-78-31-25-74(26-32-78)94(106)113-84-48-52-96(8)76(68-84)28-42-86-90-46-44-88(72(6)22-16-20-70(3)4)98(90,10)54-50-92(86)96/h23-40,69-72,83-92,99-100H,11-22,41-68H2,1-10H3/t71-,72-,83+,84+,85+,86+,87-,88-,89+,90+,91+,92+,95+,96+,97-,98-/m1/s1. The zero-order chi connectivity index (χ0) is 79.2. The number of allylic oxidation sites excluding steroid dienone is 2. The molecule has 2 N–H and O–H groups in total. The summed E-state index contributed by atoms with van der Waals surface area (Å²) in [6.07, 6.45) is 38.6. The van der Waals surface area contributed by atoms with Crippen LogP contribution in [0.25, 0.3) is 0 Å². The summed E-state index contributed by atoms with van der Waals surface area (Å²) in [5, 5.41) is 24.8. The van der Waals surface area contributed by atoms with Crippen molar-refractivity contribution < 1.29 is 42.7 Å². The number of nitrogens with one attached hydrogen (secondary N) is 2. The molecule has 8 aliphatic rings. The molecule has 0 spiro atoms. The third-order valence-electron chi connectivity index (χ3n) is 29.6. The third-order valence-corrected chi connectivity index (χ3v) is 29.6. The summed E-state index contributed by atoms with van der Waals surface area (Å²) in [6, 6.07) is 29.9. The Balaban J connectivity index is 0.417. The first-order chi connectivity index (χ1) is 54.8. The molecule has 8 aliphatic carbocycles. The molecule has 0 saturated heterocycles. The monoisotopic (exact) mass is 1550 g/mol. The molecule has 0 bridgehead atoms. The SMILES string of the molecule is CC(C)CCC[C@@H](C)[C@H]1CC[C@H]2[C@@H]3CC=C4C[C@@H](OC(=O)c5ccc(N=Nc6ccc(OCCCCNCCCOCCOCCOCCCNCCCCOc7ccc(N=Nc8ccc(C(=O)O[C@H]9CC[C@@]%10(C)C(=CC[C@H]%11[C@@H]%12CC[C@H]([C@H](C)CCCC(C)C)[C@@]%12(C)CC[C@@H]%11%10)C9)cc8)cc7)cc6)cc5)CC[C@]4(C)[C@H]3CC[C@]12C. The molecule has 620 valence electrons. The Hall–Kier alpha value is -6.10. The minimum absolute atomic E-state index is 0.0758. The normalized spacial score (nSPS) is 29.1. The van der Waals surface area contributed by atoms with E-state index in [0.717, 1.165) is 197 Å². The Kier molecular flexibility index (Phi) is 31.9. The summed E-state index contributed by atoms with van der Waals surface area (Å²) in [5.74, 6) is 10.9. The van der Waals surface area contributed by atoms with Gasteiger partial charge in [-0.05, 0) is 344 Å². The van der Waals surface area contributed by atoms with Gasteiger partial charge in [0.1, 0.15) is 23.7 Å². The fraction of sp³-hybridized carbons (Fsp3) is 0.694. The van der Waals surface area contributed by atoms with E-state index in [1.165, 1.54) is 103 Å². The van der Waals surface area contributed by atoms with Gasteiger partial charge in [0.15, 0.2) is 0 Å². The number of esters is 2.